The monoisotopic (exact) mass is 355 g/mol. The van der Waals surface area contributed by atoms with Gasteiger partial charge in [-0.3, -0.25) is 24.8 Å². The highest BCUT2D eigenvalue weighted by Gasteiger charge is 2.28. The Bertz CT molecular complexity index is 837. The number of carbonyl (C=O) groups is 1. The van der Waals surface area contributed by atoms with E-state index in [0.29, 0.717) is 29.4 Å². The van der Waals surface area contributed by atoms with Gasteiger partial charge in [-0.1, -0.05) is 48.2 Å². The van der Waals surface area contributed by atoms with Gasteiger partial charge in [-0.05, 0) is 18.6 Å². The summed E-state index contributed by atoms with van der Waals surface area (Å²) in [6.45, 7) is 2.66. The molecule has 0 aromatic heterocycles. The van der Waals surface area contributed by atoms with Crippen LogP contribution in [0.2, 0.25) is 0 Å². The molecular formula is C18H17N3O3S. The second kappa shape index (κ2) is 7.48. The largest absolute Gasteiger partial charge is 0.286 e. The lowest BCUT2D eigenvalue weighted by atomic mass is 10.1. The van der Waals surface area contributed by atoms with E-state index in [4.69, 9.17) is 0 Å². The summed E-state index contributed by atoms with van der Waals surface area (Å²) >= 11 is 1.51. The molecule has 1 heterocycles. The number of nitro groups is 1. The van der Waals surface area contributed by atoms with Gasteiger partial charge in [-0.25, -0.2) is 0 Å². The molecule has 0 fully saturated rings. The van der Waals surface area contributed by atoms with E-state index >= 15 is 0 Å². The third kappa shape index (κ3) is 3.71. The number of nitro benzene ring substituents is 1. The number of nitrogens with zero attached hydrogens (tertiary/aromatic N) is 3. The summed E-state index contributed by atoms with van der Waals surface area (Å²) in [7, 11) is 0. The van der Waals surface area contributed by atoms with Gasteiger partial charge in [-0.15, -0.1) is 0 Å². The van der Waals surface area contributed by atoms with Crippen LogP contribution in [0.5, 0.6) is 0 Å². The number of thioether (sulfide) groups is 1. The third-order valence-electron chi connectivity index (χ3n) is 3.99. The minimum absolute atomic E-state index is 0.0412. The maximum Gasteiger partial charge on any atom is 0.273 e. The zero-order valence-electron chi connectivity index (χ0n) is 13.7. The molecule has 0 atom stereocenters. The molecule has 25 heavy (non-hydrogen) atoms. The van der Waals surface area contributed by atoms with Crippen molar-refractivity contribution < 1.29 is 9.72 Å². The Balaban J connectivity index is 1.77. The minimum Gasteiger partial charge on any atom is -0.286 e. The summed E-state index contributed by atoms with van der Waals surface area (Å²) in [4.78, 5) is 29.5. The standard InChI is InChI=1S/C18H17N3O3S/c1-13-15(8-5-9-16(13)21(23)24)17(22)20-11-10-19-18(20)25-12-14-6-3-2-4-7-14/h2-9H,10-12H2,1H3. The van der Waals surface area contributed by atoms with E-state index in [0.717, 1.165) is 11.3 Å². The predicted molar refractivity (Wildman–Crippen MR) is 98.9 cm³/mol. The molecule has 0 saturated carbocycles. The van der Waals surface area contributed by atoms with E-state index in [1.165, 1.54) is 17.8 Å². The highest BCUT2D eigenvalue weighted by molar-refractivity contribution is 8.13. The van der Waals surface area contributed by atoms with Crippen LogP contribution in [-0.2, 0) is 5.75 Å². The lowest BCUT2D eigenvalue weighted by Crippen LogP contribution is -2.33. The Morgan fingerprint density at radius 3 is 2.72 bits per heavy atom. The molecule has 0 radical (unpaired) electrons. The summed E-state index contributed by atoms with van der Waals surface area (Å²) in [5.74, 6) is 0.482. The van der Waals surface area contributed by atoms with Crippen molar-refractivity contribution >= 4 is 28.5 Å². The average molecular weight is 355 g/mol. The number of benzene rings is 2. The van der Waals surface area contributed by atoms with Crippen LogP contribution in [0.4, 0.5) is 5.69 Å². The quantitative estimate of drug-likeness (QED) is 0.620. The van der Waals surface area contributed by atoms with Crippen molar-refractivity contribution in [3.05, 3.63) is 75.3 Å². The number of rotatable bonds is 4. The van der Waals surface area contributed by atoms with Crippen molar-refractivity contribution in [2.75, 3.05) is 13.1 Å². The van der Waals surface area contributed by atoms with Gasteiger partial charge in [0.1, 0.15) is 0 Å². The van der Waals surface area contributed by atoms with E-state index in [1.54, 1.807) is 24.0 Å². The van der Waals surface area contributed by atoms with Crippen LogP contribution in [0.3, 0.4) is 0 Å². The van der Waals surface area contributed by atoms with Crippen LogP contribution in [0.15, 0.2) is 53.5 Å². The Morgan fingerprint density at radius 2 is 2.00 bits per heavy atom. The van der Waals surface area contributed by atoms with Gasteiger partial charge in [0.15, 0.2) is 5.17 Å². The molecule has 1 aliphatic rings. The zero-order chi connectivity index (χ0) is 17.8. The normalized spacial score (nSPS) is 13.6. The number of hydrogen-bond acceptors (Lipinski definition) is 5. The summed E-state index contributed by atoms with van der Waals surface area (Å²) in [6.07, 6.45) is 0. The van der Waals surface area contributed by atoms with Crippen LogP contribution in [0.1, 0.15) is 21.5 Å². The summed E-state index contributed by atoms with van der Waals surface area (Å²) in [6, 6.07) is 14.5. The predicted octanol–water partition coefficient (Wildman–Crippen LogP) is 3.65. The van der Waals surface area contributed by atoms with Crippen molar-refractivity contribution in [1.82, 2.24) is 4.90 Å². The molecule has 0 saturated heterocycles. The zero-order valence-corrected chi connectivity index (χ0v) is 14.5. The van der Waals surface area contributed by atoms with Crippen LogP contribution in [0, 0.1) is 17.0 Å². The molecule has 0 spiro atoms. The van der Waals surface area contributed by atoms with Gasteiger partial charge in [0.05, 0.1) is 11.5 Å². The Hall–Kier alpha value is -2.67. The van der Waals surface area contributed by atoms with Crippen molar-refractivity contribution in [2.24, 2.45) is 4.99 Å². The van der Waals surface area contributed by atoms with Gasteiger partial charge in [-0.2, -0.15) is 0 Å². The molecule has 3 rings (SSSR count). The molecule has 2 aromatic rings. The summed E-state index contributed by atoms with van der Waals surface area (Å²) in [5, 5.41) is 11.8. The Kier molecular flexibility index (Phi) is 5.14. The fourth-order valence-electron chi connectivity index (χ4n) is 2.66. The molecule has 7 heteroatoms. The smallest absolute Gasteiger partial charge is 0.273 e. The second-order valence-electron chi connectivity index (χ2n) is 5.60. The number of aliphatic imine (C=N–C) groups is 1. The SMILES string of the molecule is Cc1c(C(=O)N2CCN=C2SCc2ccccc2)cccc1[N+](=O)[O-]. The van der Waals surface area contributed by atoms with Gasteiger partial charge in [0.2, 0.25) is 0 Å². The molecule has 128 valence electrons. The number of hydrogen-bond donors (Lipinski definition) is 0. The van der Waals surface area contributed by atoms with Crippen LogP contribution < -0.4 is 0 Å². The van der Waals surface area contributed by atoms with Crippen LogP contribution in [-0.4, -0.2) is 34.0 Å². The van der Waals surface area contributed by atoms with E-state index in [9.17, 15) is 14.9 Å². The topological polar surface area (TPSA) is 75.8 Å². The molecule has 1 amide bonds. The van der Waals surface area contributed by atoms with Crippen molar-refractivity contribution in [3.8, 4) is 0 Å². The fraction of sp³-hybridized carbons (Fsp3) is 0.222. The molecule has 6 nitrogen and oxygen atoms in total. The van der Waals surface area contributed by atoms with E-state index < -0.39 is 4.92 Å². The number of amidine groups is 1. The first-order valence-electron chi connectivity index (χ1n) is 7.85. The van der Waals surface area contributed by atoms with E-state index in [1.807, 2.05) is 30.3 Å². The van der Waals surface area contributed by atoms with Gasteiger partial charge in [0.25, 0.3) is 11.6 Å². The highest BCUT2D eigenvalue weighted by Crippen LogP contribution is 2.25. The number of carbonyl (C=O) groups excluding carboxylic acids is 1. The third-order valence-corrected chi connectivity index (χ3v) is 5.08. The van der Waals surface area contributed by atoms with E-state index in [2.05, 4.69) is 4.99 Å². The average Bonchev–Trinajstić information content (AvgIpc) is 3.09. The molecule has 2 aromatic carbocycles. The van der Waals surface area contributed by atoms with Crippen LogP contribution in [0.25, 0.3) is 0 Å². The molecule has 0 bridgehead atoms. The van der Waals surface area contributed by atoms with Gasteiger partial charge >= 0.3 is 0 Å². The highest BCUT2D eigenvalue weighted by atomic mass is 32.2. The van der Waals surface area contributed by atoms with Gasteiger partial charge < -0.3 is 0 Å². The lowest BCUT2D eigenvalue weighted by molar-refractivity contribution is -0.385. The maximum absolute atomic E-state index is 12.9. The van der Waals surface area contributed by atoms with E-state index in [-0.39, 0.29) is 11.6 Å². The molecule has 0 aliphatic carbocycles. The maximum atomic E-state index is 12.9. The first-order chi connectivity index (χ1) is 12.1. The second-order valence-corrected chi connectivity index (χ2v) is 6.54. The molecule has 1 aliphatic heterocycles. The van der Waals surface area contributed by atoms with Crippen molar-refractivity contribution in [3.63, 3.8) is 0 Å². The lowest BCUT2D eigenvalue weighted by Gasteiger charge is -2.19. The number of amides is 1. The first-order valence-corrected chi connectivity index (χ1v) is 8.83. The molecule has 0 unspecified atom stereocenters. The molecule has 0 N–H and O–H groups in total. The van der Waals surface area contributed by atoms with Crippen molar-refractivity contribution in [2.45, 2.75) is 12.7 Å². The Labute approximate surface area is 149 Å². The molecular weight excluding hydrogens is 338 g/mol. The summed E-state index contributed by atoms with van der Waals surface area (Å²) in [5.41, 5.74) is 1.85. The van der Waals surface area contributed by atoms with Crippen LogP contribution >= 0.6 is 11.8 Å². The fourth-order valence-corrected chi connectivity index (χ4v) is 3.66. The Morgan fingerprint density at radius 1 is 1.24 bits per heavy atom. The van der Waals surface area contributed by atoms with Crippen molar-refractivity contribution in [1.29, 1.82) is 0 Å². The van der Waals surface area contributed by atoms with Gasteiger partial charge in [0, 0.05) is 29.5 Å². The summed E-state index contributed by atoms with van der Waals surface area (Å²) < 4.78 is 0. The first kappa shape index (κ1) is 17.2. The minimum atomic E-state index is -0.463.